The van der Waals surface area contributed by atoms with Gasteiger partial charge in [-0.05, 0) is 18.8 Å². The summed E-state index contributed by atoms with van der Waals surface area (Å²) in [6.07, 6.45) is 2.29. The van der Waals surface area contributed by atoms with E-state index >= 15 is 0 Å². The van der Waals surface area contributed by atoms with Crippen LogP contribution in [0, 0.1) is 5.92 Å². The zero-order chi connectivity index (χ0) is 6.69. The smallest absolute Gasteiger partial charge is 0.0808 e. The van der Waals surface area contributed by atoms with Crippen molar-refractivity contribution in [3.8, 4) is 0 Å². The number of ether oxygens (including phenoxy) is 1. The van der Waals surface area contributed by atoms with Gasteiger partial charge in [0.15, 0.2) is 0 Å². The SMILES string of the molecule is C[C@@H]1CCO[C@H](CO)C1. The Morgan fingerprint density at radius 3 is 2.89 bits per heavy atom. The van der Waals surface area contributed by atoms with Gasteiger partial charge in [0.05, 0.1) is 12.7 Å². The molecule has 1 aliphatic heterocycles. The average Bonchev–Trinajstić information content (AvgIpc) is 1.88. The van der Waals surface area contributed by atoms with E-state index in [2.05, 4.69) is 6.92 Å². The third kappa shape index (κ3) is 1.95. The van der Waals surface area contributed by atoms with E-state index in [9.17, 15) is 0 Å². The first-order valence-corrected chi connectivity index (χ1v) is 3.55. The first-order valence-electron chi connectivity index (χ1n) is 3.55. The Morgan fingerprint density at radius 1 is 1.67 bits per heavy atom. The fraction of sp³-hybridized carbons (Fsp3) is 1.00. The monoisotopic (exact) mass is 130 g/mol. The van der Waals surface area contributed by atoms with Crippen LogP contribution in [0.3, 0.4) is 0 Å². The molecule has 0 aromatic rings. The van der Waals surface area contributed by atoms with Gasteiger partial charge in [0, 0.05) is 6.61 Å². The lowest BCUT2D eigenvalue weighted by Gasteiger charge is -2.25. The molecule has 2 heteroatoms. The molecule has 9 heavy (non-hydrogen) atoms. The van der Waals surface area contributed by atoms with Crippen LogP contribution in [0.1, 0.15) is 19.8 Å². The molecular weight excluding hydrogens is 116 g/mol. The average molecular weight is 130 g/mol. The summed E-state index contributed by atoms with van der Waals surface area (Å²) in [5, 5.41) is 8.68. The first kappa shape index (κ1) is 7.03. The molecule has 1 N–H and O–H groups in total. The van der Waals surface area contributed by atoms with E-state index in [0.29, 0.717) is 0 Å². The van der Waals surface area contributed by atoms with E-state index in [-0.39, 0.29) is 12.7 Å². The van der Waals surface area contributed by atoms with Crippen LogP contribution in [-0.2, 0) is 4.74 Å². The molecule has 0 unspecified atom stereocenters. The lowest BCUT2D eigenvalue weighted by molar-refractivity contribution is -0.0344. The highest BCUT2D eigenvalue weighted by Crippen LogP contribution is 2.18. The maximum atomic E-state index is 8.68. The topological polar surface area (TPSA) is 29.5 Å². The first-order chi connectivity index (χ1) is 4.33. The van der Waals surface area contributed by atoms with E-state index in [1.807, 2.05) is 0 Å². The summed E-state index contributed by atoms with van der Waals surface area (Å²) in [6, 6.07) is 0. The number of aliphatic hydroxyl groups is 1. The van der Waals surface area contributed by atoms with Gasteiger partial charge in [-0.25, -0.2) is 0 Å². The molecule has 2 nitrogen and oxygen atoms in total. The molecule has 0 radical (unpaired) electrons. The molecule has 1 saturated heterocycles. The Balaban J connectivity index is 2.23. The van der Waals surface area contributed by atoms with Crippen molar-refractivity contribution >= 4 is 0 Å². The normalized spacial score (nSPS) is 36.7. The highest BCUT2D eigenvalue weighted by Gasteiger charge is 2.17. The van der Waals surface area contributed by atoms with Crippen molar-refractivity contribution < 1.29 is 9.84 Å². The minimum Gasteiger partial charge on any atom is -0.394 e. The van der Waals surface area contributed by atoms with Gasteiger partial charge in [0.2, 0.25) is 0 Å². The van der Waals surface area contributed by atoms with Gasteiger partial charge < -0.3 is 9.84 Å². The van der Waals surface area contributed by atoms with Crippen molar-refractivity contribution in [2.75, 3.05) is 13.2 Å². The summed E-state index contributed by atoms with van der Waals surface area (Å²) < 4.78 is 5.25. The molecule has 0 aromatic carbocycles. The van der Waals surface area contributed by atoms with Crippen molar-refractivity contribution in [2.24, 2.45) is 5.92 Å². The Morgan fingerprint density at radius 2 is 2.44 bits per heavy atom. The lowest BCUT2D eigenvalue weighted by atomic mass is 9.98. The fourth-order valence-corrected chi connectivity index (χ4v) is 1.20. The second-order valence-corrected chi connectivity index (χ2v) is 2.80. The molecule has 0 spiro atoms. The van der Waals surface area contributed by atoms with Gasteiger partial charge in [0.1, 0.15) is 0 Å². The Hall–Kier alpha value is -0.0800. The van der Waals surface area contributed by atoms with E-state index in [1.165, 1.54) is 0 Å². The van der Waals surface area contributed by atoms with E-state index < -0.39 is 0 Å². The third-order valence-corrected chi connectivity index (χ3v) is 1.83. The molecule has 0 aliphatic carbocycles. The van der Waals surface area contributed by atoms with E-state index in [0.717, 1.165) is 25.4 Å². The maximum Gasteiger partial charge on any atom is 0.0808 e. The van der Waals surface area contributed by atoms with Gasteiger partial charge in [-0.2, -0.15) is 0 Å². The highest BCUT2D eigenvalue weighted by atomic mass is 16.5. The van der Waals surface area contributed by atoms with Crippen LogP contribution in [0.15, 0.2) is 0 Å². The predicted octanol–water partition coefficient (Wildman–Crippen LogP) is 0.794. The lowest BCUT2D eigenvalue weighted by Crippen LogP contribution is -2.26. The zero-order valence-corrected chi connectivity index (χ0v) is 5.84. The van der Waals surface area contributed by atoms with Crippen LogP contribution in [-0.4, -0.2) is 24.4 Å². The van der Waals surface area contributed by atoms with Gasteiger partial charge in [-0.15, -0.1) is 0 Å². The van der Waals surface area contributed by atoms with Crippen LogP contribution in [0.2, 0.25) is 0 Å². The molecule has 1 rings (SSSR count). The largest absolute Gasteiger partial charge is 0.394 e. The van der Waals surface area contributed by atoms with Crippen molar-refractivity contribution in [3.05, 3.63) is 0 Å². The molecule has 0 bridgehead atoms. The third-order valence-electron chi connectivity index (χ3n) is 1.83. The number of hydrogen-bond donors (Lipinski definition) is 1. The quantitative estimate of drug-likeness (QED) is 0.568. The van der Waals surface area contributed by atoms with Gasteiger partial charge >= 0.3 is 0 Å². The molecule has 0 amide bonds. The Kier molecular flexibility index (Phi) is 2.49. The standard InChI is InChI=1S/C7H14O2/c1-6-2-3-9-7(4-6)5-8/h6-8H,2-5H2,1H3/t6-,7+/m1/s1. The summed E-state index contributed by atoms with van der Waals surface area (Å²) in [6.45, 7) is 3.21. The summed E-state index contributed by atoms with van der Waals surface area (Å²) in [5.41, 5.74) is 0. The molecule has 54 valence electrons. The minimum absolute atomic E-state index is 0.119. The molecule has 0 aromatic heterocycles. The van der Waals surface area contributed by atoms with Crippen LogP contribution in [0.4, 0.5) is 0 Å². The fourth-order valence-electron chi connectivity index (χ4n) is 1.20. The van der Waals surface area contributed by atoms with Crippen LogP contribution in [0.5, 0.6) is 0 Å². The molecule has 1 aliphatic rings. The maximum absolute atomic E-state index is 8.68. The number of hydrogen-bond acceptors (Lipinski definition) is 2. The summed E-state index contributed by atoms with van der Waals surface area (Å²) in [4.78, 5) is 0. The van der Waals surface area contributed by atoms with Gasteiger partial charge in [-0.1, -0.05) is 6.92 Å². The van der Waals surface area contributed by atoms with Crippen LogP contribution >= 0.6 is 0 Å². The Bertz CT molecular complexity index is 83.0. The molecule has 1 fully saturated rings. The van der Waals surface area contributed by atoms with Crippen molar-refractivity contribution in [2.45, 2.75) is 25.9 Å². The van der Waals surface area contributed by atoms with Gasteiger partial charge in [-0.3, -0.25) is 0 Å². The summed E-state index contributed by atoms with van der Waals surface area (Å²) in [5.74, 6) is 0.732. The van der Waals surface area contributed by atoms with Crippen molar-refractivity contribution in [3.63, 3.8) is 0 Å². The predicted molar refractivity (Wildman–Crippen MR) is 35.2 cm³/mol. The van der Waals surface area contributed by atoms with E-state index in [1.54, 1.807) is 0 Å². The molecule has 1 heterocycles. The number of aliphatic hydroxyl groups excluding tert-OH is 1. The Labute approximate surface area is 55.8 Å². The van der Waals surface area contributed by atoms with Crippen LogP contribution < -0.4 is 0 Å². The van der Waals surface area contributed by atoms with Crippen LogP contribution in [0.25, 0.3) is 0 Å². The summed E-state index contributed by atoms with van der Waals surface area (Å²) in [7, 11) is 0. The van der Waals surface area contributed by atoms with Crippen molar-refractivity contribution in [1.29, 1.82) is 0 Å². The van der Waals surface area contributed by atoms with E-state index in [4.69, 9.17) is 9.84 Å². The molecule has 0 saturated carbocycles. The van der Waals surface area contributed by atoms with Gasteiger partial charge in [0.25, 0.3) is 0 Å². The number of rotatable bonds is 1. The van der Waals surface area contributed by atoms with Crippen molar-refractivity contribution in [1.82, 2.24) is 0 Å². The summed E-state index contributed by atoms with van der Waals surface area (Å²) >= 11 is 0. The minimum atomic E-state index is 0.119. The second kappa shape index (κ2) is 3.18. The molecule has 2 atom stereocenters. The second-order valence-electron chi connectivity index (χ2n) is 2.80. The molecular formula is C7H14O2. The zero-order valence-electron chi connectivity index (χ0n) is 5.84. The highest BCUT2D eigenvalue weighted by molar-refractivity contribution is 4.66.